The first-order valence-electron chi connectivity index (χ1n) is 10.9. The van der Waals surface area contributed by atoms with E-state index in [1.54, 1.807) is 67.8 Å². The molecule has 0 aliphatic carbocycles. The zero-order chi connectivity index (χ0) is 25.0. The second-order valence-corrected chi connectivity index (χ2v) is 7.27. The van der Waals surface area contributed by atoms with Crippen molar-refractivity contribution in [3.63, 3.8) is 0 Å². The highest BCUT2D eigenvalue weighted by molar-refractivity contribution is 6.39. The molecule has 0 unspecified atom stereocenters. The number of hydrogen-bond acceptors (Lipinski definition) is 6. The van der Waals surface area contributed by atoms with Gasteiger partial charge >= 0.3 is 11.8 Å². The van der Waals surface area contributed by atoms with Gasteiger partial charge in [0.1, 0.15) is 11.5 Å². The van der Waals surface area contributed by atoms with Crippen molar-refractivity contribution in [3.8, 4) is 11.5 Å². The molecule has 3 amide bonds. The molecule has 0 saturated carbocycles. The van der Waals surface area contributed by atoms with E-state index in [0.29, 0.717) is 34.9 Å². The molecule has 0 aromatic heterocycles. The maximum atomic E-state index is 12.3. The van der Waals surface area contributed by atoms with Crippen molar-refractivity contribution in [2.24, 2.45) is 5.10 Å². The van der Waals surface area contributed by atoms with Gasteiger partial charge in [-0.05, 0) is 42.3 Å². The molecule has 0 heterocycles. The fourth-order valence-electron chi connectivity index (χ4n) is 3.10. The van der Waals surface area contributed by atoms with Gasteiger partial charge in [0.15, 0.2) is 6.61 Å². The minimum atomic E-state index is -0.914. The van der Waals surface area contributed by atoms with Gasteiger partial charge in [0.05, 0.1) is 13.3 Å². The van der Waals surface area contributed by atoms with Crippen LogP contribution in [0, 0.1) is 0 Å². The molecule has 0 spiro atoms. The van der Waals surface area contributed by atoms with Gasteiger partial charge in [-0.25, -0.2) is 5.43 Å². The van der Waals surface area contributed by atoms with E-state index in [1.165, 1.54) is 6.21 Å². The lowest BCUT2D eigenvalue weighted by atomic mass is 10.1. The van der Waals surface area contributed by atoms with Crippen LogP contribution >= 0.6 is 0 Å². The molecule has 35 heavy (non-hydrogen) atoms. The van der Waals surface area contributed by atoms with E-state index in [1.807, 2.05) is 19.1 Å². The van der Waals surface area contributed by atoms with E-state index in [0.717, 1.165) is 5.56 Å². The van der Waals surface area contributed by atoms with E-state index in [9.17, 15) is 14.4 Å². The SMILES string of the molecule is CCc1ccccc1NC(=O)C(=O)N/N=C\c1ccccc1OCC(=O)Nc1cccc(OC)c1. The van der Waals surface area contributed by atoms with E-state index in [2.05, 4.69) is 21.2 Å². The molecule has 0 bridgehead atoms. The van der Waals surface area contributed by atoms with Gasteiger partial charge in [-0.3, -0.25) is 14.4 Å². The molecule has 3 rings (SSSR count). The number of carbonyl (C=O) groups excluding carboxylic acids is 3. The van der Waals surface area contributed by atoms with Crippen molar-refractivity contribution < 1.29 is 23.9 Å². The molecule has 9 nitrogen and oxygen atoms in total. The Morgan fingerprint density at radius 1 is 0.914 bits per heavy atom. The molecule has 9 heteroatoms. The Bertz CT molecular complexity index is 1230. The summed E-state index contributed by atoms with van der Waals surface area (Å²) in [5.41, 5.74) is 4.78. The maximum Gasteiger partial charge on any atom is 0.329 e. The molecule has 0 aliphatic rings. The quantitative estimate of drug-likeness (QED) is 0.250. The standard InChI is InChI=1S/C26H26N4O5/c1-3-18-9-4-6-13-22(18)29-25(32)26(33)30-27-16-19-10-5-7-14-23(19)35-17-24(31)28-20-11-8-12-21(15-20)34-2/h4-16H,3,17H2,1-2H3,(H,28,31)(H,29,32)(H,30,33)/b27-16-. The summed E-state index contributed by atoms with van der Waals surface area (Å²) in [7, 11) is 1.54. The van der Waals surface area contributed by atoms with Crippen LogP contribution in [-0.2, 0) is 20.8 Å². The minimum absolute atomic E-state index is 0.242. The fraction of sp³-hybridized carbons (Fsp3) is 0.154. The highest BCUT2D eigenvalue weighted by atomic mass is 16.5. The van der Waals surface area contributed by atoms with Crippen LogP contribution in [0.1, 0.15) is 18.1 Å². The van der Waals surface area contributed by atoms with Crippen LogP contribution in [0.4, 0.5) is 11.4 Å². The second kappa shape index (κ2) is 12.5. The number of aryl methyl sites for hydroxylation is 1. The molecule has 0 saturated heterocycles. The summed E-state index contributed by atoms with van der Waals surface area (Å²) in [5.74, 6) is -1.10. The first kappa shape index (κ1) is 25.0. The summed E-state index contributed by atoms with van der Waals surface area (Å²) < 4.78 is 10.7. The smallest absolute Gasteiger partial charge is 0.329 e. The number of nitrogens with one attached hydrogen (secondary N) is 3. The number of amides is 3. The van der Waals surface area contributed by atoms with Gasteiger partial charge in [-0.1, -0.05) is 43.3 Å². The van der Waals surface area contributed by atoms with Crippen LogP contribution in [0.25, 0.3) is 0 Å². The largest absolute Gasteiger partial charge is 0.497 e. The van der Waals surface area contributed by atoms with Crippen LogP contribution in [0.5, 0.6) is 11.5 Å². The van der Waals surface area contributed by atoms with Gasteiger partial charge in [-0.2, -0.15) is 5.10 Å². The van der Waals surface area contributed by atoms with Gasteiger partial charge in [0.25, 0.3) is 5.91 Å². The second-order valence-electron chi connectivity index (χ2n) is 7.27. The Morgan fingerprint density at radius 3 is 2.49 bits per heavy atom. The lowest BCUT2D eigenvalue weighted by molar-refractivity contribution is -0.136. The van der Waals surface area contributed by atoms with Gasteiger partial charge in [-0.15, -0.1) is 0 Å². The summed E-state index contributed by atoms with van der Waals surface area (Å²) in [4.78, 5) is 36.6. The molecular weight excluding hydrogens is 448 g/mol. The number of hydrogen-bond donors (Lipinski definition) is 3. The minimum Gasteiger partial charge on any atom is -0.497 e. The Labute approximate surface area is 203 Å². The van der Waals surface area contributed by atoms with E-state index in [4.69, 9.17) is 9.47 Å². The van der Waals surface area contributed by atoms with Crippen molar-refractivity contribution in [2.45, 2.75) is 13.3 Å². The highest BCUT2D eigenvalue weighted by Crippen LogP contribution is 2.18. The predicted octanol–water partition coefficient (Wildman–Crippen LogP) is 3.36. The number of anilines is 2. The summed E-state index contributed by atoms with van der Waals surface area (Å²) in [6, 6.07) is 21.1. The Kier molecular flexibility index (Phi) is 8.95. The van der Waals surface area contributed by atoms with Gasteiger partial charge < -0.3 is 20.1 Å². The summed E-state index contributed by atoms with van der Waals surface area (Å²) >= 11 is 0. The summed E-state index contributed by atoms with van der Waals surface area (Å²) in [5, 5.41) is 9.15. The monoisotopic (exact) mass is 474 g/mol. The molecular formula is C26H26N4O5. The van der Waals surface area contributed by atoms with Crippen LogP contribution in [-0.4, -0.2) is 37.7 Å². The number of carbonyl (C=O) groups is 3. The molecule has 3 aromatic carbocycles. The van der Waals surface area contributed by atoms with Crippen molar-refractivity contribution >= 4 is 35.3 Å². The third-order valence-electron chi connectivity index (χ3n) is 4.85. The Hall–Kier alpha value is -4.66. The van der Waals surface area contributed by atoms with E-state index < -0.39 is 11.8 Å². The van der Waals surface area contributed by atoms with Crippen molar-refractivity contribution in [1.82, 2.24) is 5.43 Å². The maximum absolute atomic E-state index is 12.3. The molecule has 180 valence electrons. The van der Waals surface area contributed by atoms with E-state index >= 15 is 0 Å². The normalized spacial score (nSPS) is 10.5. The number of methoxy groups -OCH3 is 1. The molecule has 0 aliphatic heterocycles. The first-order chi connectivity index (χ1) is 17.0. The van der Waals surface area contributed by atoms with Crippen LogP contribution in [0.3, 0.4) is 0 Å². The van der Waals surface area contributed by atoms with Crippen molar-refractivity contribution in [1.29, 1.82) is 0 Å². The third kappa shape index (κ3) is 7.43. The number of nitrogens with zero attached hydrogens (tertiary/aromatic N) is 1. The molecule has 3 aromatic rings. The van der Waals surface area contributed by atoms with Gasteiger partial charge in [0.2, 0.25) is 0 Å². The Balaban J connectivity index is 1.54. The van der Waals surface area contributed by atoms with Crippen LogP contribution in [0.2, 0.25) is 0 Å². The number of benzene rings is 3. The predicted molar refractivity (Wildman–Crippen MR) is 134 cm³/mol. The molecule has 0 fully saturated rings. The first-order valence-corrected chi connectivity index (χ1v) is 10.9. The zero-order valence-corrected chi connectivity index (χ0v) is 19.4. The number of hydrazone groups is 1. The lowest BCUT2D eigenvalue weighted by Crippen LogP contribution is -2.32. The Morgan fingerprint density at radius 2 is 1.69 bits per heavy atom. The number of ether oxygens (including phenoxy) is 2. The van der Waals surface area contributed by atoms with Crippen LogP contribution in [0.15, 0.2) is 77.9 Å². The van der Waals surface area contributed by atoms with Crippen LogP contribution < -0.4 is 25.5 Å². The summed E-state index contributed by atoms with van der Waals surface area (Å²) in [6.45, 7) is 1.71. The number of rotatable bonds is 9. The molecule has 3 N–H and O–H groups in total. The van der Waals surface area contributed by atoms with E-state index in [-0.39, 0.29) is 12.5 Å². The summed E-state index contributed by atoms with van der Waals surface area (Å²) in [6.07, 6.45) is 2.05. The highest BCUT2D eigenvalue weighted by Gasteiger charge is 2.14. The number of para-hydroxylation sites is 2. The molecule has 0 atom stereocenters. The third-order valence-corrected chi connectivity index (χ3v) is 4.85. The van der Waals surface area contributed by atoms with Crippen molar-refractivity contribution in [2.75, 3.05) is 24.4 Å². The van der Waals surface area contributed by atoms with Crippen molar-refractivity contribution in [3.05, 3.63) is 83.9 Å². The zero-order valence-electron chi connectivity index (χ0n) is 19.4. The lowest BCUT2D eigenvalue weighted by Gasteiger charge is -2.10. The topological polar surface area (TPSA) is 118 Å². The van der Waals surface area contributed by atoms with Gasteiger partial charge in [0, 0.05) is 23.0 Å². The average Bonchev–Trinajstić information content (AvgIpc) is 2.88. The average molecular weight is 475 g/mol. The fourth-order valence-corrected chi connectivity index (χ4v) is 3.10. The molecule has 0 radical (unpaired) electrons.